The standard InChI is InChI=1S/C13H12ClIN2O2S/c1-8-6-10(3-4-12(8)16)20(18,19)17-13-5-2-9(15)7-11(13)14/h2-7,17H,16H2,1H3. The number of halogens is 2. The van der Waals surface area contributed by atoms with Crippen LogP contribution >= 0.6 is 34.2 Å². The average Bonchev–Trinajstić information content (AvgIpc) is 2.36. The topological polar surface area (TPSA) is 72.2 Å². The summed E-state index contributed by atoms with van der Waals surface area (Å²) in [5.41, 5.74) is 7.30. The van der Waals surface area contributed by atoms with Gasteiger partial charge in [-0.3, -0.25) is 4.72 Å². The molecule has 2 rings (SSSR count). The molecule has 0 saturated carbocycles. The normalized spacial score (nSPS) is 11.3. The minimum absolute atomic E-state index is 0.152. The molecule has 3 N–H and O–H groups in total. The summed E-state index contributed by atoms with van der Waals surface area (Å²) >= 11 is 8.13. The molecule has 0 aliphatic carbocycles. The Morgan fingerprint density at radius 3 is 2.50 bits per heavy atom. The van der Waals surface area contributed by atoms with Crippen molar-refractivity contribution < 1.29 is 8.42 Å². The van der Waals surface area contributed by atoms with Gasteiger partial charge < -0.3 is 5.73 Å². The number of anilines is 2. The second-order valence-electron chi connectivity index (χ2n) is 4.25. The van der Waals surface area contributed by atoms with Crippen LogP contribution in [-0.2, 0) is 10.0 Å². The largest absolute Gasteiger partial charge is 0.399 e. The molecule has 0 aliphatic rings. The molecule has 2 aromatic rings. The smallest absolute Gasteiger partial charge is 0.261 e. The van der Waals surface area contributed by atoms with Gasteiger partial charge in [0.2, 0.25) is 0 Å². The first-order valence-corrected chi connectivity index (χ1v) is 8.57. The number of aryl methyl sites for hydroxylation is 1. The third-order valence-electron chi connectivity index (χ3n) is 2.73. The van der Waals surface area contributed by atoms with Crippen LogP contribution in [0.3, 0.4) is 0 Å². The van der Waals surface area contributed by atoms with Gasteiger partial charge >= 0.3 is 0 Å². The molecular formula is C13H12ClIN2O2S. The zero-order chi connectivity index (χ0) is 14.9. The van der Waals surface area contributed by atoms with E-state index in [1.54, 1.807) is 31.2 Å². The van der Waals surface area contributed by atoms with Crippen LogP contribution in [-0.4, -0.2) is 8.42 Å². The van der Waals surface area contributed by atoms with E-state index in [9.17, 15) is 8.42 Å². The zero-order valence-corrected chi connectivity index (χ0v) is 14.3. The van der Waals surface area contributed by atoms with Gasteiger partial charge in [0.15, 0.2) is 0 Å². The molecule has 4 nitrogen and oxygen atoms in total. The zero-order valence-electron chi connectivity index (χ0n) is 10.5. The number of hydrogen-bond donors (Lipinski definition) is 2. The van der Waals surface area contributed by atoms with Crippen LogP contribution in [0, 0.1) is 10.5 Å². The first kappa shape index (κ1) is 15.4. The van der Waals surface area contributed by atoms with Crippen LogP contribution in [0.5, 0.6) is 0 Å². The summed E-state index contributed by atoms with van der Waals surface area (Å²) in [5, 5.41) is 0.354. The van der Waals surface area contributed by atoms with Crippen LogP contribution in [0.25, 0.3) is 0 Å². The van der Waals surface area contributed by atoms with E-state index >= 15 is 0 Å². The lowest BCUT2D eigenvalue weighted by atomic mass is 10.2. The summed E-state index contributed by atoms with van der Waals surface area (Å²) in [7, 11) is -3.68. The Bertz CT molecular complexity index is 763. The summed E-state index contributed by atoms with van der Waals surface area (Å²) in [6.45, 7) is 1.76. The molecule has 0 atom stereocenters. The number of sulfonamides is 1. The molecular weight excluding hydrogens is 411 g/mol. The Kier molecular flexibility index (Phi) is 4.46. The van der Waals surface area contributed by atoms with Crippen molar-refractivity contribution in [2.24, 2.45) is 0 Å². The van der Waals surface area contributed by atoms with Crippen molar-refractivity contribution >= 4 is 55.6 Å². The molecule has 0 fully saturated rings. The summed E-state index contributed by atoms with van der Waals surface area (Å²) in [6.07, 6.45) is 0. The van der Waals surface area contributed by atoms with E-state index in [0.29, 0.717) is 22.0 Å². The highest BCUT2D eigenvalue weighted by atomic mass is 127. The molecule has 2 aromatic carbocycles. The van der Waals surface area contributed by atoms with Crippen molar-refractivity contribution in [3.05, 3.63) is 50.6 Å². The van der Waals surface area contributed by atoms with Crippen molar-refractivity contribution in [2.45, 2.75) is 11.8 Å². The van der Waals surface area contributed by atoms with Crippen molar-refractivity contribution in [3.8, 4) is 0 Å². The number of benzene rings is 2. The highest BCUT2D eigenvalue weighted by Crippen LogP contribution is 2.27. The lowest BCUT2D eigenvalue weighted by molar-refractivity contribution is 0.601. The van der Waals surface area contributed by atoms with Crippen LogP contribution in [0.4, 0.5) is 11.4 Å². The molecule has 0 heterocycles. The SMILES string of the molecule is Cc1cc(S(=O)(=O)Nc2ccc(I)cc2Cl)ccc1N. The van der Waals surface area contributed by atoms with E-state index < -0.39 is 10.0 Å². The monoisotopic (exact) mass is 422 g/mol. The first-order chi connectivity index (χ1) is 9.29. The second-order valence-corrected chi connectivity index (χ2v) is 7.58. The van der Waals surface area contributed by atoms with Crippen molar-refractivity contribution in [2.75, 3.05) is 10.5 Å². The number of hydrogen-bond acceptors (Lipinski definition) is 3. The highest BCUT2D eigenvalue weighted by Gasteiger charge is 2.16. The Labute approximate surface area is 136 Å². The van der Waals surface area contributed by atoms with Crippen molar-refractivity contribution in [3.63, 3.8) is 0 Å². The van der Waals surface area contributed by atoms with E-state index in [2.05, 4.69) is 27.3 Å². The third kappa shape index (κ3) is 3.36. The fourth-order valence-corrected chi connectivity index (χ4v) is 3.71. The summed E-state index contributed by atoms with van der Waals surface area (Å²) in [4.78, 5) is 0.152. The molecule has 0 unspecified atom stereocenters. The predicted octanol–water partition coefficient (Wildman–Crippen LogP) is 3.64. The molecule has 0 bridgehead atoms. The van der Waals surface area contributed by atoms with Gasteiger partial charge in [0, 0.05) is 9.26 Å². The average molecular weight is 423 g/mol. The maximum Gasteiger partial charge on any atom is 0.261 e. The Balaban J connectivity index is 2.38. The summed E-state index contributed by atoms with van der Waals surface area (Å²) in [5.74, 6) is 0. The molecule has 7 heteroatoms. The van der Waals surface area contributed by atoms with E-state index in [1.807, 2.05) is 0 Å². The highest BCUT2D eigenvalue weighted by molar-refractivity contribution is 14.1. The number of nitrogens with one attached hydrogen (secondary N) is 1. The van der Waals surface area contributed by atoms with Crippen LogP contribution in [0.15, 0.2) is 41.3 Å². The van der Waals surface area contributed by atoms with Gasteiger partial charge in [0.05, 0.1) is 15.6 Å². The molecule has 0 amide bonds. The lowest BCUT2D eigenvalue weighted by Crippen LogP contribution is -2.13. The molecule has 0 saturated heterocycles. The van der Waals surface area contributed by atoms with Crippen molar-refractivity contribution in [1.29, 1.82) is 0 Å². The Morgan fingerprint density at radius 1 is 1.20 bits per heavy atom. The van der Waals surface area contributed by atoms with E-state index in [1.165, 1.54) is 12.1 Å². The van der Waals surface area contributed by atoms with Gasteiger partial charge in [-0.05, 0) is 71.5 Å². The fraction of sp³-hybridized carbons (Fsp3) is 0.0769. The van der Waals surface area contributed by atoms with E-state index in [0.717, 1.165) is 3.57 Å². The van der Waals surface area contributed by atoms with Crippen LogP contribution in [0.1, 0.15) is 5.56 Å². The molecule has 0 radical (unpaired) electrons. The second kappa shape index (κ2) is 5.79. The Morgan fingerprint density at radius 2 is 1.90 bits per heavy atom. The maximum absolute atomic E-state index is 12.3. The fourth-order valence-electron chi connectivity index (χ4n) is 1.59. The van der Waals surface area contributed by atoms with Gasteiger partial charge in [-0.2, -0.15) is 0 Å². The van der Waals surface area contributed by atoms with E-state index in [-0.39, 0.29) is 4.90 Å². The number of nitrogens with two attached hydrogens (primary N) is 1. The third-order valence-corrected chi connectivity index (χ3v) is 5.07. The minimum Gasteiger partial charge on any atom is -0.399 e. The van der Waals surface area contributed by atoms with Gasteiger partial charge in [-0.1, -0.05) is 11.6 Å². The van der Waals surface area contributed by atoms with Gasteiger partial charge in [0.1, 0.15) is 0 Å². The lowest BCUT2D eigenvalue weighted by Gasteiger charge is -2.11. The Hall–Kier alpha value is -0.990. The molecule has 0 aliphatic heterocycles. The van der Waals surface area contributed by atoms with Crippen LogP contribution in [0.2, 0.25) is 5.02 Å². The minimum atomic E-state index is -3.68. The molecule has 0 spiro atoms. The predicted molar refractivity (Wildman–Crippen MR) is 90.6 cm³/mol. The van der Waals surface area contributed by atoms with Crippen LogP contribution < -0.4 is 10.5 Å². The summed E-state index contributed by atoms with van der Waals surface area (Å²) < 4.78 is 28.0. The quantitative estimate of drug-likeness (QED) is 0.586. The molecule has 20 heavy (non-hydrogen) atoms. The molecule has 106 valence electrons. The van der Waals surface area contributed by atoms with Crippen molar-refractivity contribution in [1.82, 2.24) is 0 Å². The van der Waals surface area contributed by atoms with Gasteiger partial charge in [-0.15, -0.1) is 0 Å². The van der Waals surface area contributed by atoms with Gasteiger partial charge in [-0.25, -0.2) is 8.42 Å². The van der Waals surface area contributed by atoms with E-state index in [4.69, 9.17) is 17.3 Å². The number of nitrogen functional groups attached to an aromatic ring is 1. The van der Waals surface area contributed by atoms with Gasteiger partial charge in [0.25, 0.3) is 10.0 Å². The molecule has 0 aromatic heterocycles. The summed E-state index contributed by atoms with van der Waals surface area (Å²) in [6, 6.07) is 9.65. The first-order valence-electron chi connectivity index (χ1n) is 5.63. The number of rotatable bonds is 3. The maximum atomic E-state index is 12.3.